The van der Waals surface area contributed by atoms with E-state index in [0.29, 0.717) is 24.5 Å². The van der Waals surface area contributed by atoms with Gasteiger partial charge >= 0.3 is 12.1 Å². The number of hydrogen-bond donors (Lipinski definition) is 0. The van der Waals surface area contributed by atoms with Crippen LogP contribution in [0.25, 0.3) is 10.9 Å². The van der Waals surface area contributed by atoms with Crippen molar-refractivity contribution >= 4 is 23.0 Å². The summed E-state index contributed by atoms with van der Waals surface area (Å²) < 4.78 is 28.0. The highest BCUT2D eigenvalue weighted by atomic mass is 16.6. The summed E-state index contributed by atoms with van der Waals surface area (Å²) in [6.45, 7) is 5.55. The second kappa shape index (κ2) is 8.28. The molecule has 0 N–H and O–H groups in total. The lowest BCUT2D eigenvalue weighted by molar-refractivity contribution is -0.145. The molecule has 9 nitrogen and oxygen atoms in total. The topological polar surface area (TPSA) is 96.4 Å². The first-order chi connectivity index (χ1) is 15.6. The van der Waals surface area contributed by atoms with Gasteiger partial charge in [-0.05, 0) is 51.8 Å². The van der Waals surface area contributed by atoms with E-state index in [2.05, 4.69) is 4.98 Å². The molecule has 1 aromatic heterocycles. The Balaban J connectivity index is 1.72. The van der Waals surface area contributed by atoms with Crippen molar-refractivity contribution in [3.8, 4) is 17.4 Å². The fourth-order valence-corrected chi connectivity index (χ4v) is 4.57. The molecule has 1 saturated heterocycles. The molecule has 4 rings (SSSR count). The first-order valence-corrected chi connectivity index (χ1v) is 10.9. The number of hydrogen-bond acceptors (Lipinski definition) is 8. The van der Waals surface area contributed by atoms with E-state index in [1.54, 1.807) is 35.0 Å². The van der Waals surface area contributed by atoms with E-state index >= 15 is 0 Å². The number of carbonyl (C=O) groups is 2. The zero-order chi connectivity index (χ0) is 24.0. The fourth-order valence-electron chi connectivity index (χ4n) is 4.57. The first kappa shape index (κ1) is 22.9. The lowest BCUT2D eigenvalue weighted by Gasteiger charge is -2.36. The van der Waals surface area contributed by atoms with Crippen LogP contribution in [0, 0.1) is 0 Å². The number of esters is 1. The van der Waals surface area contributed by atoms with Crippen LogP contribution >= 0.6 is 0 Å². The average molecular weight is 459 g/mol. The molecule has 0 saturated carbocycles. The van der Waals surface area contributed by atoms with Gasteiger partial charge in [0, 0.05) is 17.4 Å². The van der Waals surface area contributed by atoms with Crippen LogP contribution in [0.2, 0.25) is 0 Å². The Labute approximate surface area is 192 Å². The Morgan fingerprint density at radius 3 is 2.58 bits per heavy atom. The number of rotatable bonds is 3. The first-order valence-electron chi connectivity index (χ1n) is 10.9. The Morgan fingerprint density at radius 1 is 1.18 bits per heavy atom. The van der Waals surface area contributed by atoms with E-state index in [0.717, 1.165) is 22.2 Å². The Morgan fingerprint density at radius 2 is 1.94 bits per heavy atom. The van der Waals surface area contributed by atoms with Crippen molar-refractivity contribution in [2.75, 3.05) is 27.9 Å². The number of benzene rings is 1. The Bertz CT molecular complexity index is 1090. The van der Waals surface area contributed by atoms with Gasteiger partial charge in [-0.3, -0.25) is 4.90 Å². The van der Waals surface area contributed by atoms with Crippen LogP contribution in [-0.4, -0.2) is 67.1 Å². The summed E-state index contributed by atoms with van der Waals surface area (Å²) in [4.78, 5) is 31.5. The van der Waals surface area contributed by atoms with Crippen LogP contribution in [0.3, 0.4) is 0 Å². The second-order valence-electron chi connectivity index (χ2n) is 9.45. The molecule has 2 aromatic rings. The summed E-state index contributed by atoms with van der Waals surface area (Å²) in [5.41, 5.74) is 0.259. The number of likely N-dealkylation sites (tertiary alicyclic amines) is 1. The van der Waals surface area contributed by atoms with Gasteiger partial charge < -0.3 is 23.7 Å². The monoisotopic (exact) mass is 458 g/mol. The molecule has 178 valence electrons. The third-order valence-corrected chi connectivity index (χ3v) is 6.06. The zero-order valence-corrected chi connectivity index (χ0v) is 19.9. The van der Waals surface area contributed by atoms with Crippen LogP contribution in [-0.2, 0) is 20.7 Å². The molecule has 33 heavy (non-hydrogen) atoms. The van der Waals surface area contributed by atoms with Crippen molar-refractivity contribution in [2.24, 2.45) is 0 Å². The van der Waals surface area contributed by atoms with Crippen LogP contribution < -0.4 is 14.2 Å². The summed E-state index contributed by atoms with van der Waals surface area (Å²) in [5, 5.41) is 0.923. The lowest BCUT2D eigenvalue weighted by atomic mass is 9.87. The number of fused-ring (bicyclic) bond motifs is 3. The van der Waals surface area contributed by atoms with E-state index < -0.39 is 29.3 Å². The van der Waals surface area contributed by atoms with Crippen LogP contribution in [0.4, 0.5) is 4.79 Å². The molecule has 2 aliphatic rings. The van der Waals surface area contributed by atoms with E-state index in [1.807, 2.05) is 18.2 Å². The highest BCUT2D eigenvalue weighted by Gasteiger charge is 2.54. The maximum Gasteiger partial charge on any atom is 0.411 e. The number of methoxy groups -OCH3 is 3. The molecule has 2 atom stereocenters. The number of pyridine rings is 1. The molecule has 1 fully saturated rings. The van der Waals surface area contributed by atoms with Gasteiger partial charge in [-0.25, -0.2) is 14.6 Å². The molecule has 1 amide bonds. The van der Waals surface area contributed by atoms with Crippen LogP contribution in [0.1, 0.15) is 39.2 Å². The van der Waals surface area contributed by atoms with Gasteiger partial charge in [-0.15, -0.1) is 0 Å². The normalized spacial score (nSPS) is 22.0. The van der Waals surface area contributed by atoms with Gasteiger partial charge in [0.1, 0.15) is 23.0 Å². The van der Waals surface area contributed by atoms with E-state index in [1.165, 1.54) is 12.0 Å². The van der Waals surface area contributed by atoms with Gasteiger partial charge in [0.15, 0.2) is 5.75 Å². The molecule has 0 bridgehead atoms. The van der Waals surface area contributed by atoms with Crippen molar-refractivity contribution in [1.82, 2.24) is 9.88 Å². The number of aryl methyl sites for hydroxylation is 1. The minimum atomic E-state index is -0.800. The molecule has 1 spiro atoms. The van der Waals surface area contributed by atoms with Gasteiger partial charge in [0.05, 0.1) is 33.4 Å². The Kier molecular flexibility index (Phi) is 5.76. The smallest absolute Gasteiger partial charge is 0.411 e. The molecule has 3 heterocycles. The maximum absolute atomic E-state index is 12.9. The zero-order valence-electron chi connectivity index (χ0n) is 19.9. The van der Waals surface area contributed by atoms with E-state index in [-0.39, 0.29) is 13.0 Å². The summed E-state index contributed by atoms with van der Waals surface area (Å²) in [6.07, 6.45) is 0.982. The predicted molar refractivity (Wildman–Crippen MR) is 120 cm³/mol. The number of amides is 1. The quantitative estimate of drug-likeness (QED) is 0.645. The fraction of sp³-hybridized carbons (Fsp3) is 0.542. The molecule has 0 aliphatic carbocycles. The molecule has 2 aliphatic heterocycles. The highest BCUT2D eigenvalue weighted by Crippen LogP contribution is 2.47. The average Bonchev–Trinajstić information content (AvgIpc) is 3.15. The third-order valence-electron chi connectivity index (χ3n) is 6.06. The standard InChI is InChI=1S/C24H30N2O7/c1-23(2,3)33-22(28)26-13-24(12-18(26)21(27)31-6)10-9-15-16-11-14(29-4)7-8-17(16)25-20(30-5)19(15)32-24/h7-8,11,18H,9-10,12-13H2,1-6H3/t18-,24+/m0/s1. The number of aromatic nitrogens is 1. The Hall–Kier alpha value is -3.23. The minimum Gasteiger partial charge on any atom is -0.497 e. The highest BCUT2D eigenvalue weighted by molar-refractivity contribution is 5.87. The van der Waals surface area contributed by atoms with E-state index in [9.17, 15) is 9.59 Å². The number of nitrogens with zero attached hydrogens (tertiary/aromatic N) is 2. The summed E-state index contributed by atoms with van der Waals surface area (Å²) in [5.74, 6) is 1.12. The van der Waals surface area contributed by atoms with Crippen molar-refractivity contribution < 1.29 is 33.3 Å². The molecule has 9 heteroatoms. The molecule has 1 aromatic carbocycles. The van der Waals surface area contributed by atoms with Crippen molar-refractivity contribution in [3.63, 3.8) is 0 Å². The van der Waals surface area contributed by atoms with Crippen LogP contribution in [0.15, 0.2) is 18.2 Å². The SMILES string of the molecule is COC(=O)[C@@H]1C[C@]2(CCc3c(c(OC)nc4ccc(OC)cc34)O2)CN1C(=O)OC(C)(C)C. The summed E-state index contributed by atoms with van der Waals surface area (Å²) >= 11 is 0. The van der Waals surface area contributed by atoms with Crippen molar-refractivity contribution in [1.29, 1.82) is 0 Å². The van der Waals surface area contributed by atoms with Crippen LogP contribution in [0.5, 0.6) is 17.4 Å². The van der Waals surface area contributed by atoms with Gasteiger partial charge in [-0.2, -0.15) is 0 Å². The van der Waals surface area contributed by atoms with Gasteiger partial charge in [0.25, 0.3) is 5.88 Å². The van der Waals surface area contributed by atoms with Crippen molar-refractivity contribution in [2.45, 2.75) is 57.3 Å². The predicted octanol–water partition coefficient (Wildman–Crippen LogP) is 3.50. The number of carbonyl (C=O) groups excluding carboxylic acids is 2. The minimum absolute atomic E-state index is 0.195. The maximum atomic E-state index is 12.9. The number of ether oxygens (including phenoxy) is 5. The van der Waals surface area contributed by atoms with Gasteiger partial charge in [-0.1, -0.05) is 0 Å². The summed E-state index contributed by atoms with van der Waals surface area (Å²) in [6, 6.07) is 4.86. The molecule has 0 unspecified atom stereocenters. The van der Waals surface area contributed by atoms with Gasteiger partial charge in [0.2, 0.25) is 0 Å². The molecular formula is C24H30N2O7. The largest absolute Gasteiger partial charge is 0.497 e. The second-order valence-corrected chi connectivity index (χ2v) is 9.45. The molecule has 0 radical (unpaired) electrons. The van der Waals surface area contributed by atoms with E-state index in [4.69, 9.17) is 23.7 Å². The van der Waals surface area contributed by atoms with Crippen molar-refractivity contribution in [3.05, 3.63) is 23.8 Å². The lowest BCUT2D eigenvalue weighted by Crippen LogP contribution is -2.46. The third kappa shape index (κ3) is 4.24. The summed E-state index contributed by atoms with van der Waals surface area (Å²) in [7, 11) is 4.47. The molecular weight excluding hydrogens is 428 g/mol.